The lowest BCUT2D eigenvalue weighted by Crippen LogP contribution is -2.29. The maximum Gasteiger partial charge on any atom is 0.279 e. The number of nitriles is 1. The van der Waals surface area contributed by atoms with Gasteiger partial charge in [0.25, 0.3) is 5.91 Å². The smallest absolute Gasteiger partial charge is 0.279 e. The number of rotatable bonds is 3. The summed E-state index contributed by atoms with van der Waals surface area (Å²) in [5, 5.41) is 17.3. The van der Waals surface area contributed by atoms with Crippen LogP contribution >= 0.6 is 0 Å². The average Bonchev–Trinajstić information content (AvgIpc) is 3.03. The van der Waals surface area contributed by atoms with Gasteiger partial charge >= 0.3 is 0 Å². The maximum atomic E-state index is 12.5. The van der Waals surface area contributed by atoms with E-state index >= 15 is 0 Å². The third-order valence-corrected chi connectivity index (χ3v) is 4.26. The summed E-state index contributed by atoms with van der Waals surface area (Å²) in [6.07, 6.45) is 1.58. The summed E-state index contributed by atoms with van der Waals surface area (Å²) >= 11 is 0. The first kappa shape index (κ1) is 15.7. The van der Waals surface area contributed by atoms with Crippen LogP contribution in [-0.2, 0) is 11.8 Å². The number of benzene rings is 1. The van der Waals surface area contributed by atoms with E-state index in [0.29, 0.717) is 18.0 Å². The van der Waals surface area contributed by atoms with Crippen LogP contribution in [0.4, 0.5) is 5.69 Å². The highest BCUT2D eigenvalue weighted by Gasteiger charge is 2.32. The standard InChI is InChI=1S/C18H17N5O/c1-4-23-16-8-6-5-7-15(16)17(18(23)24)21-20-11-13-9-14(10-19)22(3)12(13)2/h5-9,11H,4H2,1-3H3/b20-11-,21-17+. The van der Waals surface area contributed by atoms with Gasteiger partial charge in [0, 0.05) is 30.4 Å². The first-order valence-electron chi connectivity index (χ1n) is 7.67. The van der Waals surface area contributed by atoms with Crippen molar-refractivity contribution in [3.63, 3.8) is 0 Å². The number of para-hydroxylation sites is 1. The largest absolute Gasteiger partial charge is 0.339 e. The second-order valence-corrected chi connectivity index (χ2v) is 5.50. The van der Waals surface area contributed by atoms with Crippen molar-refractivity contribution in [2.24, 2.45) is 17.3 Å². The molecule has 3 rings (SSSR count). The van der Waals surface area contributed by atoms with Gasteiger partial charge in [-0.3, -0.25) is 4.79 Å². The van der Waals surface area contributed by atoms with Crippen LogP contribution in [0.25, 0.3) is 0 Å². The summed E-state index contributed by atoms with van der Waals surface area (Å²) in [5.41, 5.74) is 4.29. The van der Waals surface area contributed by atoms with Crippen LogP contribution < -0.4 is 4.90 Å². The Balaban J connectivity index is 1.96. The minimum atomic E-state index is -0.140. The molecule has 1 aliphatic heterocycles. The molecule has 1 aliphatic rings. The molecular formula is C18H17N5O. The minimum absolute atomic E-state index is 0.140. The molecule has 0 fully saturated rings. The Bertz CT molecular complexity index is 914. The number of hydrogen-bond donors (Lipinski definition) is 0. The number of hydrogen-bond acceptors (Lipinski definition) is 4. The van der Waals surface area contributed by atoms with Crippen LogP contribution in [-0.4, -0.2) is 28.9 Å². The Hall–Kier alpha value is -3.20. The van der Waals surface area contributed by atoms with Crippen LogP contribution in [0.5, 0.6) is 0 Å². The summed E-state index contributed by atoms with van der Waals surface area (Å²) in [6.45, 7) is 4.42. The van der Waals surface area contributed by atoms with Gasteiger partial charge in [-0.05, 0) is 26.0 Å². The van der Waals surface area contributed by atoms with Crippen molar-refractivity contribution < 1.29 is 4.79 Å². The van der Waals surface area contributed by atoms with Crippen molar-refractivity contribution in [2.45, 2.75) is 13.8 Å². The van der Waals surface area contributed by atoms with Gasteiger partial charge in [0.1, 0.15) is 11.8 Å². The van der Waals surface area contributed by atoms with Crippen LogP contribution in [0.15, 0.2) is 40.5 Å². The third kappa shape index (κ3) is 2.40. The summed E-state index contributed by atoms with van der Waals surface area (Å²) in [6, 6.07) is 11.4. The number of aromatic nitrogens is 1. The molecule has 0 aliphatic carbocycles. The van der Waals surface area contributed by atoms with E-state index < -0.39 is 0 Å². The molecule has 0 unspecified atom stereocenters. The van der Waals surface area contributed by atoms with Crippen molar-refractivity contribution in [2.75, 3.05) is 11.4 Å². The molecule has 0 bridgehead atoms. The van der Waals surface area contributed by atoms with E-state index in [-0.39, 0.29) is 5.91 Å². The fourth-order valence-corrected chi connectivity index (χ4v) is 2.78. The zero-order valence-corrected chi connectivity index (χ0v) is 13.8. The van der Waals surface area contributed by atoms with E-state index in [1.165, 1.54) is 0 Å². The lowest BCUT2D eigenvalue weighted by atomic mass is 10.1. The lowest BCUT2D eigenvalue weighted by molar-refractivity contribution is -0.112. The molecule has 6 heteroatoms. The van der Waals surface area contributed by atoms with Crippen molar-refractivity contribution in [3.05, 3.63) is 52.8 Å². The fourth-order valence-electron chi connectivity index (χ4n) is 2.78. The highest BCUT2D eigenvalue weighted by Crippen LogP contribution is 2.28. The predicted octanol–water partition coefficient (Wildman–Crippen LogP) is 2.39. The van der Waals surface area contributed by atoms with Crippen molar-refractivity contribution in [3.8, 4) is 6.07 Å². The van der Waals surface area contributed by atoms with Crippen molar-refractivity contribution >= 4 is 23.5 Å². The second kappa shape index (κ2) is 6.13. The number of nitrogens with zero attached hydrogens (tertiary/aromatic N) is 5. The van der Waals surface area contributed by atoms with E-state index in [1.807, 2.05) is 45.2 Å². The molecule has 0 atom stereocenters. The van der Waals surface area contributed by atoms with Crippen molar-refractivity contribution in [1.29, 1.82) is 5.26 Å². The van der Waals surface area contributed by atoms with Crippen molar-refractivity contribution in [1.82, 2.24) is 4.57 Å². The number of amides is 1. The molecule has 2 aromatic rings. The van der Waals surface area contributed by atoms with E-state index in [0.717, 1.165) is 22.5 Å². The summed E-state index contributed by atoms with van der Waals surface area (Å²) < 4.78 is 1.79. The van der Waals surface area contributed by atoms with Crippen LogP contribution in [0.3, 0.4) is 0 Å². The molecule has 0 spiro atoms. The summed E-state index contributed by atoms with van der Waals surface area (Å²) in [7, 11) is 1.83. The predicted molar refractivity (Wildman–Crippen MR) is 93.5 cm³/mol. The Morgan fingerprint density at radius 2 is 2.08 bits per heavy atom. The van der Waals surface area contributed by atoms with E-state index in [4.69, 9.17) is 5.26 Å². The quantitative estimate of drug-likeness (QED) is 0.643. The average molecular weight is 319 g/mol. The molecule has 1 aromatic carbocycles. The van der Waals surface area contributed by atoms with Gasteiger partial charge in [-0.15, -0.1) is 5.10 Å². The topological polar surface area (TPSA) is 73.8 Å². The van der Waals surface area contributed by atoms with Gasteiger partial charge in [-0.1, -0.05) is 18.2 Å². The van der Waals surface area contributed by atoms with Gasteiger partial charge in [0.15, 0.2) is 5.71 Å². The number of likely N-dealkylation sites (N-methyl/N-ethyl adjacent to an activating group) is 1. The number of fused-ring (bicyclic) bond motifs is 1. The van der Waals surface area contributed by atoms with Gasteiger partial charge in [-0.2, -0.15) is 10.4 Å². The zero-order chi connectivity index (χ0) is 17.3. The molecule has 0 radical (unpaired) electrons. The van der Waals surface area contributed by atoms with Crippen LogP contribution in [0.2, 0.25) is 0 Å². The van der Waals surface area contributed by atoms with Gasteiger partial charge in [0.2, 0.25) is 0 Å². The fraction of sp³-hybridized carbons (Fsp3) is 0.222. The normalized spacial score (nSPS) is 15.3. The van der Waals surface area contributed by atoms with Crippen LogP contribution in [0.1, 0.15) is 29.4 Å². The maximum absolute atomic E-state index is 12.5. The first-order chi connectivity index (χ1) is 11.6. The van der Waals surface area contributed by atoms with E-state index in [2.05, 4.69) is 16.3 Å². The third-order valence-electron chi connectivity index (χ3n) is 4.26. The zero-order valence-electron chi connectivity index (χ0n) is 13.8. The molecule has 1 amide bonds. The van der Waals surface area contributed by atoms with Crippen LogP contribution in [0, 0.1) is 18.3 Å². The summed E-state index contributed by atoms with van der Waals surface area (Å²) in [5.74, 6) is -0.140. The Kier molecular flexibility index (Phi) is 4.00. The molecule has 2 heterocycles. The molecule has 0 saturated heterocycles. The summed E-state index contributed by atoms with van der Waals surface area (Å²) in [4.78, 5) is 14.2. The monoisotopic (exact) mass is 319 g/mol. The Morgan fingerprint density at radius 1 is 1.33 bits per heavy atom. The Labute approximate surface area is 140 Å². The SMILES string of the molecule is CCN1C(=O)/C(=N/N=C\c2cc(C#N)n(C)c2C)c2ccccc21. The van der Waals surface area contributed by atoms with E-state index in [1.54, 1.807) is 21.7 Å². The molecule has 0 saturated carbocycles. The number of carbonyl (C=O) groups excluding carboxylic acids is 1. The highest BCUT2D eigenvalue weighted by atomic mass is 16.2. The Morgan fingerprint density at radius 3 is 2.75 bits per heavy atom. The molecule has 6 nitrogen and oxygen atoms in total. The second-order valence-electron chi connectivity index (χ2n) is 5.50. The molecule has 24 heavy (non-hydrogen) atoms. The molecule has 1 aromatic heterocycles. The van der Waals surface area contributed by atoms with Gasteiger partial charge < -0.3 is 9.47 Å². The minimum Gasteiger partial charge on any atom is -0.339 e. The molecule has 0 N–H and O–H groups in total. The lowest BCUT2D eigenvalue weighted by Gasteiger charge is -2.12. The number of anilines is 1. The van der Waals surface area contributed by atoms with Gasteiger partial charge in [-0.25, -0.2) is 0 Å². The van der Waals surface area contributed by atoms with Gasteiger partial charge in [0.05, 0.1) is 11.9 Å². The number of carbonyl (C=O) groups is 1. The molecular weight excluding hydrogens is 302 g/mol. The van der Waals surface area contributed by atoms with E-state index in [9.17, 15) is 4.79 Å². The highest BCUT2D eigenvalue weighted by molar-refractivity contribution is 6.54. The molecule has 120 valence electrons. The first-order valence-corrected chi connectivity index (χ1v) is 7.67.